The lowest BCUT2D eigenvalue weighted by Crippen LogP contribution is -2.34. The molecule has 0 atom stereocenters. The number of imidazole rings is 1. The first-order valence-corrected chi connectivity index (χ1v) is 7.19. The van der Waals surface area contributed by atoms with Crippen molar-refractivity contribution in [1.29, 1.82) is 0 Å². The van der Waals surface area contributed by atoms with Gasteiger partial charge < -0.3 is 14.3 Å². The van der Waals surface area contributed by atoms with Crippen molar-refractivity contribution in [2.24, 2.45) is 0 Å². The maximum atomic E-state index is 5.88. The van der Waals surface area contributed by atoms with Crippen LogP contribution in [-0.4, -0.2) is 15.1 Å². The zero-order valence-corrected chi connectivity index (χ0v) is 13.1. The van der Waals surface area contributed by atoms with Crippen molar-refractivity contribution in [3.63, 3.8) is 0 Å². The normalized spacial score (nSPS) is 12.3. The van der Waals surface area contributed by atoms with Gasteiger partial charge in [0.25, 0.3) is 0 Å². The number of rotatable bonds is 5. The molecule has 0 saturated heterocycles. The molecule has 0 spiro atoms. The molecule has 0 aliphatic heterocycles. The molecule has 0 aliphatic rings. The predicted molar refractivity (Wildman–Crippen MR) is 80.7 cm³/mol. The molecule has 0 aliphatic carbocycles. The quantitative estimate of drug-likeness (QED) is 0.907. The first kappa shape index (κ1) is 14.9. The topological polar surface area (TPSA) is 43.0 Å². The Hall–Kier alpha value is -1.55. The van der Waals surface area contributed by atoms with Crippen LogP contribution in [-0.2, 0) is 13.1 Å². The zero-order valence-electron chi connectivity index (χ0n) is 13.1. The van der Waals surface area contributed by atoms with Gasteiger partial charge in [0.15, 0.2) is 0 Å². The van der Waals surface area contributed by atoms with Crippen molar-refractivity contribution in [3.8, 4) is 0 Å². The molecule has 20 heavy (non-hydrogen) atoms. The second kappa shape index (κ2) is 5.83. The Balaban J connectivity index is 2.01. The van der Waals surface area contributed by atoms with E-state index in [9.17, 15) is 0 Å². The van der Waals surface area contributed by atoms with Gasteiger partial charge in [-0.25, -0.2) is 4.98 Å². The van der Waals surface area contributed by atoms with E-state index in [2.05, 4.69) is 49.5 Å². The number of hydrogen-bond donors (Lipinski definition) is 1. The highest BCUT2D eigenvalue weighted by atomic mass is 16.3. The fraction of sp³-hybridized carbons (Fsp3) is 0.562. The van der Waals surface area contributed by atoms with Crippen LogP contribution in [0.25, 0.3) is 0 Å². The molecule has 0 aromatic carbocycles. The SMILES string of the molecule is CC(C)c1nccn1Cc1ccc(CNC(C)(C)C)o1. The standard InChI is InChI=1S/C16H25N3O/c1-12(2)15-17-8-9-19(15)11-14-7-6-13(20-14)10-18-16(3,4)5/h6-9,12,18H,10-11H2,1-5H3. The molecule has 1 N–H and O–H groups in total. The molecule has 0 saturated carbocycles. The van der Waals surface area contributed by atoms with E-state index in [0.29, 0.717) is 5.92 Å². The van der Waals surface area contributed by atoms with Gasteiger partial charge in [-0.05, 0) is 32.9 Å². The van der Waals surface area contributed by atoms with Crippen LogP contribution < -0.4 is 5.32 Å². The summed E-state index contributed by atoms with van der Waals surface area (Å²) in [5, 5.41) is 3.43. The van der Waals surface area contributed by atoms with Crippen molar-refractivity contribution in [2.45, 2.75) is 59.2 Å². The average Bonchev–Trinajstić information content (AvgIpc) is 2.95. The molecule has 0 amide bonds. The molecule has 0 radical (unpaired) electrons. The van der Waals surface area contributed by atoms with E-state index in [-0.39, 0.29) is 5.54 Å². The zero-order chi connectivity index (χ0) is 14.8. The minimum Gasteiger partial charge on any atom is -0.463 e. The molecule has 2 heterocycles. The van der Waals surface area contributed by atoms with Gasteiger partial charge >= 0.3 is 0 Å². The summed E-state index contributed by atoms with van der Waals surface area (Å²) in [6, 6.07) is 4.09. The Morgan fingerprint density at radius 3 is 2.60 bits per heavy atom. The predicted octanol–water partition coefficient (Wildman–Crippen LogP) is 3.54. The smallest absolute Gasteiger partial charge is 0.123 e. The van der Waals surface area contributed by atoms with E-state index in [1.165, 1.54) is 0 Å². The van der Waals surface area contributed by atoms with Gasteiger partial charge in [0.2, 0.25) is 0 Å². The second-order valence-corrected chi connectivity index (χ2v) is 6.54. The van der Waals surface area contributed by atoms with Gasteiger partial charge in [-0.2, -0.15) is 0 Å². The first-order valence-electron chi connectivity index (χ1n) is 7.19. The number of furan rings is 1. The van der Waals surface area contributed by atoms with Crippen molar-refractivity contribution in [1.82, 2.24) is 14.9 Å². The molecule has 4 heteroatoms. The third-order valence-corrected chi connectivity index (χ3v) is 3.10. The van der Waals surface area contributed by atoms with Crippen molar-refractivity contribution in [2.75, 3.05) is 0 Å². The molecule has 110 valence electrons. The summed E-state index contributed by atoms with van der Waals surface area (Å²) >= 11 is 0. The monoisotopic (exact) mass is 275 g/mol. The van der Waals surface area contributed by atoms with E-state index in [0.717, 1.165) is 30.4 Å². The van der Waals surface area contributed by atoms with Gasteiger partial charge in [-0.1, -0.05) is 13.8 Å². The lowest BCUT2D eigenvalue weighted by Gasteiger charge is -2.19. The van der Waals surface area contributed by atoms with Crippen LogP contribution in [0.3, 0.4) is 0 Å². The summed E-state index contributed by atoms with van der Waals surface area (Å²) < 4.78 is 8.02. The first-order chi connectivity index (χ1) is 9.35. The molecular formula is C16H25N3O. The largest absolute Gasteiger partial charge is 0.463 e. The lowest BCUT2D eigenvalue weighted by molar-refractivity contribution is 0.375. The van der Waals surface area contributed by atoms with Crippen LogP contribution in [0.15, 0.2) is 28.9 Å². The Labute approximate surface area is 121 Å². The molecule has 0 unspecified atom stereocenters. The number of nitrogens with one attached hydrogen (secondary N) is 1. The van der Waals surface area contributed by atoms with Crippen molar-refractivity contribution >= 4 is 0 Å². The van der Waals surface area contributed by atoms with Crippen LogP contribution in [0.2, 0.25) is 0 Å². The van der Waals surface area contributed by atoms with Gasteiger partial charge in [0.05, 0.1) is 13.1 Å². The fourth-order valence-electron chi connectivity index (χ4n) is 2.08. The van der Waals surface area contributed by atoms with Crippen LogP contribution >= 0.6 is 0 Å². The summed E-state index contributed by atoms with van der Waals surface area (Å²) in [6.45, 7) is 12.2. The molecular weight excluding hydrogens is 250 g/mol. The third kappa shape index (κ3) is 3.97. The minimum absolute atomic E-state index is 0.0993. The van der Waals surface area contributed by atoms with E-state index in [1.54, 1.807) is 0 Å². The summed E-state index contributed by atoms with van der Waals surface area (Å²) in [5.74, 6) is 3.45. The van der Waals surface area contributed by atoms with Crippen LogP contribution in [0.5, 0.6) is 0 Å². The van der Waals surface area contributed by atoms with Gasteiger partial charge in [-0.15, -0.1) is 0 Å². The van der Waals surface area contributed by atoms with Crippen LogP contribution in [0.1, 0.15) is 57.9 Å². The van der Waals surface area contributed by atoms with E-state index in [1.807, 2.05) is 24.5 Å². The van der Waals surface area contributed by atoms with Crippen molar-refractivity contribution in [3.05, 3.63) is 41.9 Å². The van der Waals surface area contributed by atoms with Crippen LogP contribution in [0.4, 0.5) is 0 Å². The molecule has 2 rings (SSSR count). The maximum Gasteiger partial charge on any atom is 0.123 e. The Bertz CT molecular complexity index is 546. The number of aromatic nitrogens is 2. The van der Waals surface area contributed by atoms with Crippen molar-refractivity contribution < 1.29 is 4.42 Å². The number of nitrogens with zero attached hydrogens (tertiary/aromatic N) is 2. The van der Waals surface area contributed by atoms with Crippen LogP contribution in [0, 0.1) is 0 Å². The fourth-order valence-corrected chi connectivity index (χ4v) is 2.08. The Morgan fingerprint density at radius 2 is 1.95 bits per heavy atom. The van der Waals surface area contributed by atoms with Gasteiger partial charge in [0, 0.05) is 23.9 Å². The Kier molecular flexibility index (Phi) is 4.33. The molecule has 2 aromatic heterocycles. The Morgan fingerprint density at radius 1 is 1.25 bits per heavy atom. The van der Waals surface area contributed by atoms with E-state index < -0.39 is 0 Å². The highest BCUT2D eigenvalue weighted by molar-refractivity contribution is 5.09. The summed E-state index contributed by atoms with van der Waals surface area (Å²) in [6.07, 6.45) is 3.85. The lowest BCUT2D eigenvalue weighted by atomic mass is 10.1. The summed E-state index contributed by atoms with van der Waals surface area (Å²) in [4.78, 5) is 4.40. The molecule has 2 aromatic rings. The molecule has 0 bridgehead atoms. The molecule has 0 fully saturated rings. The highest BCUT2D eigenvalue weighted by Gasteiger charge is 2.12. The highest BCUT2D eigenvalue weighted by Crippen LogP contribution is 2.16. The van der Waals surface area contributed by atoms with Gasteiger partial charge in [0.1, 0.15) is 17.3 Å². The minimum atomic E-state index is 0.0993. The maximum absolute atomic E-state index is 5.88. The average molecular weight is 275 g/mol. The van der Waals surface area contributed by atoms with Gasteiger partial charge in [-0.3, -0.25) is 0 Å². The van der Waals surface area contributed by atoms with E-state index >= 15 is 0 Å². The van der Waals surface area contributed by atoms with E-state index in [4.69, 9.17) is 4.42 Å². The summed E-state index contributed by atoms with van der Waals surface area (Å²) in [5.41, 5.74) is 0.0993. The third-order valence-electron chi connectivity index (χ3n) is 3.10. The number of hydrogen-bond acceptors (Lipinski definition) is 3. The second-order valence-electron chi connectivity index (χ2n) is 6.54. The molecule has 4 nitrogen and oxygen atoms in total. The summed E-state index contributed by atoms with van der Waals surface area (Å²) in [7, 11) is 0.